The molecule has 0 radical (unpaired) electrons. The maximum absolute atomic E-state index is 14.0. The van der Waals surface area contributed by atoms with Crippen LogP contribution in [0.1, 0.15) is 38.3 Å². The Hall–Kier alpha value is -2.39. The van der Waals surface area contributed by atoms with Gasteiger partial charge in [0, 0.05) is 19.0 Å². The lowest BCUT2D eigenvalue weighted by Crippen LogP contribution is -2.29. The number of nitrogens with zero attached hydrogens (tertiary/aromatic N) is 3. The van der Waals surface area contributed by atoms with Gasteiger partial charge in [-0.3, -0.25) is 0 Å². The van der Waals surface area contributed by atoms with Gasteiger partial charge in [0.15, 0.2) is 5.13 Å². The van der Waals surface area contributed by atoms with Crippen molar-refractivity contribution in [1.29, 1.82) is 0 Å². The van der Waals surface area contributed by atoms with E-state index in [4.69, 9.17) is 0 Å². The quantitative estimate of drug-likeness (QED) is 0.573. The van der Waals surface area contributed by atoms with Gasteiger partial charge in [-0.1, -0.05) is 23.5 Å². The van der Waals surface area contributed by atoms with Gasteiger partial charge in [-0.2, -0.15) is 13.8 Å². The van der Waals surface area contributed by atoms with Gasteiger partial charge < -0.3 is 15.7 Å². The van der Waals surface area contributed by atoms with Crippen LogP contribution in [-0.2, 0) is 5.92 Å². The molecule has 1 aliphatic rings. The third kappa shape index (κ3) is 4.36. The summed E-state index contributed by atoms with van der Waals surface area (Å²) in [5.74, 6) is -2.67. The number of thiazole rings is 1. The molecule has 0 unspecified atom stereocenters. The van der Waals surface area contributed by atoms with Crippen molar-refractivity contribution in [2.75, 3.05) is 10.6 Å². The molecule has 0 bridgehead atoms. The fourth-order valence-electron chi connectivity index (χ4n) is 3.24. The molecule has 2 heterocycles. The summed E-state index contributed by atoms with van der Waals surface area (Å²) in [5, 5.41) is 16.4. The predicted octanol–water partition coefficient (Wildman–Crippen LogP) is 4.66. The first-order valence-corrected chi connectivity index (χ1v) is 10.0. The molecule has 1 aliphatic carbocycles. The summed E-state index contributed by atoms with van der Waals surface area (Å²) in [6, 6.07) is 8.98. The number of rotatable bonds is 5. The van der Waals surface area contributed by atoms with Crippen LogP contribution in [0.15, 0.2) is 30.3 Å². The van der Waals surface area contributed by atoms with Gasteiger partial charge in [0.2, 0.25) is 5.95 Å². The molecule has 0 saturated heterocycles. The summed E-state index contributed by atoms with van der Waals surface area (Å²) < 4.78 is 28.9. The van der Waals surface area contributed by atoms with Crippen molar-refractivity contribution in [3.8, 4) is 0 Å². The summed E-state index contributed by atoms with van der Waals surface area (Å²) in [7, 11) is 0. The van der Waals surface area contributed by atoms with E-state index in [0.717, 1.165) is 30.0 Å². The largest absolute Gasteiger partial charge is 0.393 e. The molecule has 0 spiro atoms. The Kier molecular flexibility index (Phi) is 5.11. The van der Waals surface area contributed by atoms with Crippen LogP contribution in [0.4, 0.5) is 25.7 Å². The maximum atomic E-state index is 14.0. The average molecular weight is 405 g/mol. The molecule has 28 heavy (non-hydrogen) atoms. The molecule has 3 aromatic rings. The van der Waals surface area contributed by atoms with Gasteiger partial charge in [-0.15, -0.1) is 0 Å². The fourth-order valence-corrected chi connectivity index (χ4v) is 4.11. The van der Waals surface area contributed by atoms with E-state index >= 15 is 0 Å². The van der Waals surface area contributed by atoms with Crippen LogP contribution in [0, 0.1) is 0 Å². The molecule has 1 fully saturated rings. The SMILES string of the molecule is CC(F)(F)c1cc(Nc2nc3ccccc3s2)nc(N[C@H]2CC[C@H](O)CC2)n1. The monoisotopic (exact) mass is 405 g/mol. The number of para-hydroxylation sites is 1. The van der Waals surface area contributed by atoms with Crippen LogP contribution in [0.5, 0.6) is 0 Å². The topological polar surface area (TPSA) is 83.0 Å². The minimum atomic E-state index is -3.09. The van der Waals surface area contributed by atoms with Crippen LogP contribution in [0.2, 0.25) is 0 Å². The zero-order valence-electron chi connectivity index (χ0n) is 15.3. The normalized spacial score (nSPS) is 20.3. The van der Waals surface area contributed by atoms with Crippen molar-refractivity contribution >= 4 is 38.5 Å². The molecule has 1 aromatic carbocycles. The van der Waals surface area contributed by atoms with E-state index in [9.17, 15) is 13.9 Å². The van der Waals surface area contributed by atoms with Crippen molar-refractivity contribution in [3.05, 3.63) is 36.0 Å². The highest BCUT2D eigenvalue weighted by molar-refractivity contribution is 7.22. The summed E-state index contributed by atoms with van der Waals surface area (Å²) in [5.41, 5.74) is 0.480. The smallest absolute Gasteiger partial charge is 0.287 e. The molecule has 1 saturated carbocycles. The highest BCUT2D eigenvalue weighted by atomic mass is 32.1. The van der Waals surface area contributed by atoms with Crippen LogP contribution in [-0.4, -0.2) is 32.2 Å². The molecule has 148 valence electrons. The van der Waals surface area contributed by atoms with E-state index in [1.165, 1.54) is 17.4 Å². The van der Waals surface area contributed by atoms with E-state index in [1.54, 1.807) is 0 Å². The van der Waals surface area contributed by atoms with Gasteiger partial charge in [0.05, 0.1) is 16.3 Å². The molecule has 3 N–H and O–H groups in total. The van der Waals surface area contributed by atoms with Crippen LogP contribution >= 0.6 is 11.3 Å². The van der Waals surface area contributed by atoms with Gasteiger partial charge in [0.1, 0.15) is 11.5 Å². The minimum absolute atomic E-state index is 0.0550. The van der Waals surface area contributed by atoms with E-state index in [2.05, 4.69) is 25.6 Å². The fraction of sp³-hybridized carbons (Fsp3) is 0.421. The van der Waals surface area contributed by atoms with Gasteiger partial charge in [-0.25, -0.2) is 9.97 Å². The summed E-state index contributed by atoms with van der Waals surface area (Å²) in [6.45, 7) is 0.817. The van der Waals surface area contributed by atoms with Gasteiger partial charge >= 0.3 is 0 Å². The number of fused-ring (bicyclic) bond motifs is 1. The van der Waals surface area contributed by atoms with Crippen LogP contribution < -0.4 is 10.6 Å². The molecule has 0 aliphatic heterocycles. The number of aliphatic hydroxyl groups excluding tert-OH is 1. The molecular formula is C19H21F2N5OS. The lowest BCUT2D eigenvalue weighted by atomic mass is 9.93. The lowest BCUT2D eigenvalue weighted by molar-refractivity contribution is 0.0128. The molecule has 0 atom stereocenters. The van der Waals surface area contributed by atoms with E-state index in [0.29, 0.717) is 18.0 Å². The summed E-state index contributed by atoms with van der Waals surface area (Å²) in [6.07, 6.45) is 2.56. The Morgan fingerprint density at radius 1 is 1.11 bits per heavy atom. The highest BCUT2D eigenvalue weighted by Crippen LogP contribution is 2.31. The summed E-state index contributed by atoms with van der Waals surface area (Å²) >= 11 is 1.43. The first-order chi connectivity index (χ1) is 13.4. The Balaban J connectivity index is 1.60. The van der Waals surface area contributed by atoms with Crippen LogP contribution in [0.25, 0.3) is 10.2 Å². The number of anilines is 3. The Labute approximate surface area is 165 Å². The standard InChI is InChI=1S/C19H21F2N5OS/c1-19(20,21)15-10-16(26-18-23-13-4-2-3-5-14(13)28-18)25-17(24-15)22-11-6-8-12(27)9-7-11/h2-5,10-12,27H,6-9H2,1H3,(H2,22,23,24,25,26)/t11-,12-. The number of benzene rings is 1. The minimum Gasteiger partial charge on any atom is -0.393 e. The van der Waals surface area contributed by atoms with Crippen molar-refractivity contribution in [2.24, 2.45) is 0 Å². The van der Waals surface area contributed by atoms with Crippen molar-refractivity contribution < 1.29 is 13.9 Å². The number of hydrogen-bond acceptors (Lipinski definition) is 7. The third-order valence-electron chi connectivity index (χ3n) is 4.73. The van der Waals surface area contributed by atoms with Gasteiger partial charge in [0.25, 0.3) is 5.92 Å². The van der Waals surface area contributed by atoms with E-state index in [-0.39, 0.29) is 29.6 Å². The molecule has 2 aromatic heterocycles. The van der Waals surface area contributed by atoms with E-state index in [1.807, 2.05) is 24.3 Å². The molecule has 9 heteroatoms. The summed E-state index contributed by atoms with van der Waals surface area (Å²) in [4.78, 5) is 12.8. The first kappa shape index (κ1) is 18.9. The Morgan fingerprint density at radius 2 is 1.86 bits per heavy atom. The van der Waals surface area contributed by atoms with Crippen LogP contribution in [0.3, 0.4) is 0 Å². The molecule has 6 nitrogen and oxygen atoms in total. The number of nitrogens with one attached hydrogen (secondary N) is 2. The molecule has 0 amide bonds. The maximum Gasteiger partial charge on any atom is 0.287 e. The first-order valence-electron chi connectivity index (χ1n) is 9.21. The van der Waals surface area contributed by atoms with Gasteiger partial charge in [-0.05, 0) is 37.8 Å². The number of aliphatic hydroxyl groups is 1. The lowest BCUT2D eigenvalue weighted by Gasteiger charge is -2.26. The predicted molar refractivity (Wildman–Crippen MR) is 106 cm³/mol. The average Bonchev–Trinajstić information content (AvgIpc) is 3.05. The second-order valence-corrected chi connectivity index (χ2v) is 8.14. The zero-order chi connectivity index (χ0) is 19.7. The highest BCUT2D eigenvalue weighted by Gasteiger charge is 2.29. The molecular weight excluding hydrogens is 384 g/mol. The third-order valence-corrected chi connectivity index (χ3v) is 5.69. The molecule has 4 rings (SSSR count). The Morgan fingerprint density at radius 3 is 2.57 bits per heavy atom. The zero-order valence-corrected chi connectivity index (χ0v) is 16.1. The number of hydrogen-bond donors (Lipinski definition) is 3. The number of aromatic nitrogens is 3. The number of halogens is 2. The van der Waals surface area contributed by atoms with Crippen molar-refractivity contribution in [1.82, 2.24) is 15.0 Å². The van der Waals surface area contributed by atoms with Crippen molar-refractivity contribution in [3.63, 3.8) is 0 Å². The second kappa shape index (κ2) is 7.56. The van der Waals surface area contributed by atoms with E-state index < -0.39 is 5.92 Å². The number of alkyl halides is 2. The van der Waals surface area contributed by atoms with Crippen molar-refractivity contribution in [2.45, 2.75) is 50.7 Å². The Bertz CT molecular complexity index is 933. The second-order valence-electron chi connectivity index (χ2n) is 7.11.